The number of nitrogens with zero attached hydrogens (tertiary/aromatic N) is 1. The van der Waals surface area contributed by atoms with Crippen LogP contribution in [0.4, 0.5) is 0 Å². The summed E-state index contributed by atoms with van der Waals surface area (Å²) in [6.07, 6.45) is 0. The second kappa shape index (κ2) is 4.39. The lowest BCUT2D eigenvalue weighted by Crippen LogP contribution is -2.57. The van der Waals surface area contributed by atoms with Crippen molar-refractivity contribution in [3.63, 3.8) is 0 Å². The standard InChI is InChI=1S/C10H10BrIN2O/c11-9-2-1-6(12)3-8(9)10(15)14-4-7(13)5-14/h1-3,7H,4-5,13H2. The van der Waals surface area contributed by atoms with E-state index in [4.69, 9.17) is 5.73 Å². The van der Waals surface area contributed by atoms with Crippen molar-refractivity contribution in [1.82, 2.24) is 4.90 Å². The van der Waals surface area contributed by atoms with Crippen LogP contribution in [0.2, 0.25) is 0 Å². The molecule has 1 aliphatic rings. The lowest BCUT2D eigenvalue weighted by atomic mass is 10.1. The largest absolute Gasteiger partial charge is 0.335 e. The molecule has 1 fully saturated rings. The number of carbonyl (C=O) groups is 1. The van der Waals surface area contributed by atoms with Crippen LogP contribution in [0.25, 0.3) is 0 Å². The average molecular weight is 381 g/mol. The van der Waals surface area contributed by atoms with E-state index in [1.807, 2.05) is 18.2 Å². The van der Waals surface area contributed by atoms with Crippen LogP contribution < -0.4 is 5.73 Å². The number of amides is 1. The molecule has 3 nitrogen and oxygen atoms in total. The number of halogens is 2. The monoisotopic (exact) mass is 380 g/mol. The quantitative estimate of drug-likeness (QED) is 0.755. The molecule has 0 aliphatic carbocycles. The van der Waals surface area contributed by atoms with Crippen molar-refractivity contribution >= 4 is 44.4 Å². The fourth-order valence-electron chi connectivity index (χ4n) is 1.51. The van der Waals surface area contributed by atoms with Crippen LogP contribution in [0.1, 0.15) is 10.4 Å². The molecule has 0 bridgehead atoms. The predicted molar refractivity (Wildman–Crippen MR) is 70.7 cm³/mol. The fraction of sp³-hybridized carbons (Fsp3) is 0.300. The molecule has 15 heavy (non-hydrogen) atoms. The highest BCUT2D eigenvalue weighted by Gasteiger charge is 2.29. The first-order valence-electron chi connectivity index (χ1n) is 4.58. The number of likely N-dealkylation sites (tertiary alicyclic amines) is 1. The molecule has 0 spiro atoms. The number of hydrogen-bond acceptors (Lipinski definition) is 2. The Kier molecular flexibility index (Phi) is 3.32. The van der Waals surface area contributed by atoms with Gasteiger partial charge >= 0.3 is 0 Å². The van der Waals surface area contributed by atoms with E-state index in [-0.39, 0.29) is 11.9 Å². The molecule has 1 aromatic rings. The minimum atomic E-state index is 0.0575. The van der Waals surface area contributed by atoms with E-state index >= 15 is 0 Å². The van der Waals surface area contributed by atoms with E-state index in [0.717, 1.165) is 8.04 Å². The first kappa shape index (κ1) is 11.3. The van der Waals surface area contributed by atoms with Crippen molar-refractivity contribution in [3.05, 3.63) is 31.8 Å². The minimum absolute atomic E-state index is 0.0575. The minimum Gasteiger partial charge on any atom is -0.335 e. The molecule has 1 amide bonds. The number of hydrogen-bond donors (Lipinski definition) is 1. The van der Waals surface area contributed by atoms with E-state index in [2.05, 4.69) is 38.5 Å². The maximum Gasteiger partial charge on any atom is 0.255 e. The zero-order valence-corrected chi connectivity index (χ0v) is 11.7. The van der Waals surface area contributed by atoms with Crippen LogP contribution in [0.5, 0.6) is 0 Å². The third-order valence-corrected chi connectivity index (χ3v) is 3.72. The predicted octanol–water partition coefficient (Wildman–Crippen LogP) is 1.84. The normalized spacial score (nSPS) is 16.3. The van der Waals surface area contributed by atoms with Crippen LogP contribution in [0.15, 0.2) is 22.7 Å². The molecule has 80 valence electrons. The molecule has 0 aromatic heterocycles. The lowest BCUT2D eigenvalue weighted by Gasteiger charge is -2.37. The van der Waals surface area contributed by atoms with Gasteiger partial charge in [-0.15, -0.1) is 0 Å². The Morgan fingerprint density at radius 1 is 1.53 bits per heavy atom. The molecule has 1 aromatic carbocycles. The third kappa shape index (κ3) is 2.34. The highest BCUT2D eigenvalue weighted by atomic mass is 127. The van der Waals surface area contributed by atoms with Crippen LogP contribution >= 0.6 is 38.5 Å². The summed E-state index contributed by atoms with van der Waals surface area (Å²) in [5.41, 5.74) is 6.36. The Balaban J connectivity index is 2.22. The van der Waals surface area contributed by atoms with Crippen LogP contribution in [0, 0.1) is 3.57 Å². The molecule has 2 rings (SSSR count). The molecular weight excluding hydrogens is 371 g/mol. The van der Waals surface area contributed by atoms with Crippen molar-refractivity contribution in [2.45, 2.75) is 6.04 Å². The van der Waals surface area contributed by atoms with Gasteiger partial charge < -0.3 is 10.6 Å². The van der Waals surface area contributed by atoms with Crippen molar-refractivity contribution in [3.8, 4) is 0 Å². The molecule has 1 aliphatic heterocycles. The zero-order valence-electron chi connectivity index (χ0n) is 7.91. The van der Waals surface area contributed by atoms with Gasteiger partial charge in [0.05, 0.1) is 5.56 Å². The summed E-state index contributed by atoms with van der Waals surface area (Å²) in [6, 6.07) is 5.89. The summed E-state index contributed by atoms with van der Waals surface area (Å²) >= 11 is 5.58. The Morgan fingerprint density at radius 2 is 2.20 bits per heavy atom. The van der Waals surface area contributed by atoms with E-state index in [1.54, 1.807) is 4.90 Å². The maximum atomic E-state index is 12.0. The summed E-state index contributed by atoms with van der Waals surface area (Å²) in [7, 11) is 0. The summed E-state index contributed by atoms with van der Waals surface area (Å²) in [6.45, 7) is 1.33. The first-order chi connectivity index (χ1) is 7.08. The van der Waals surface area contributed by atoms with Crippen LogP contribution in [-0.2, 0) is 0 Å². The highest BCUT2D eigenvalue weighted by molar-refractivity contribution is 14.1. The topological polar surface area (TPSA) is 46.3 Å². The summed E-state index contributed by atoms with van der Waals surface area (Å²) in [5.74, 6) is 0.0575. The fourth-order valence-corrected chi connectivity index (χ4v) is 2.42. The smallest absolute Gasteiger partial charge is 0.255 e. The van der Waals surface area contributed by atoms with Crippen molar-refractivity contribution in [2.24, 2.45) is 5.73 Å². The van der Waals surface area contributed by atoms with Gasteiger partial charge in [0.25, 0.3) is 5.91 Å². The molecule has 0 atom stereocenters. The van der Waals surface area contributed by atoms with Gasteiger partial charge in [-0.1, -0.05) is 0 Å². The first-order valence-corrected chi connectivity index (χ1v) is 6.45. The second-order valence-corrected chi connectivity index (χ2v) is 5.69. The van der Waals surface area contributed by atoms with Gasteiger partial charge in [0, 0.05) is 27.2 Å². The molecule has 0 unspecified atom stereocenters. The Bertz CT molecular complexity index is 404. The van der Waals surface area contributed by atoms with Gasteiger partial charge in [0.1, 0.15) is 0 Å². The molecule has 1 saturated heterocycles. The molecule has 1 heterocycles. The van der Waals surface area contributed by atoms with E-state index in [0.29, 0.717) is 18.7 Å². The SMILES string of the molecule is NC1CN(C(=O)c2cc(I)ccc2Br)C1. The van der Waals surface area contributed by atoms with Crippen molar-refractivity contribution in [1.29, 1.82) is 0 Å². The third-order valence-electron chi connectivity index (χ3n) is 2.36. The van der Waals surface area contributed by atoms with Gasteiger partial charge in [0.15, 0.2) is 0 Å². The molecule has 2 N–H and O–H groups in total. The summed E-state index contributed by atoms with van der Waals surface area (Å²) < 4.78 is 1.90. The Morgan fingerprint density at radius 3 is 2.80 bits per heavy atom. The molecule has 0 radical (unpaired) electrons. The highest BCUT2D eigenvalue weighted by Crippen LogP contribution is 2.22. The van der Waals surface area contributed by atoms with Crippen LogP contribution in [0.3, 0.4) is 0 Å². The summed E-state index contributed by atoms with van der Waals surface area (Å²) in [4.78, 5) is 13.7. The molecule has 0 saturated carbocycles. The average Bonchev–Trinajstić information content (AvgIpc) is 2.16. The Labute approximate surface area is 110 Å². The van der Waals surface area contributed by atoms with E-state index < -0.39 is 0 Å². The Hall–Kier alpha value is -0.140. The van der Waals surface area contributed by atoms with Crippen molar-refractivity contribution < 1.29 is 4.79 Å². The van der Waals surface area contributed by atoms with Gasteiger partial charge in [-0.3, -0.25) is 4.79 Å². The van der Waals surface area contributed by atoms with Crippen molar-refractivity contribution in [2.75, 3.05) is 13.1 Å². The van der Waals surface area contributed by atoms with Gasteiger partial charge in [-0.2, -0.15) is 0 Å². The van der Waals surface area contributed by atoms with Gasteiger partial charge in [-0.05, 0) is 56.7 Å². The number of rotatable bonds is 1. The van der Waals surface area contributed by atoms with Crippen LogP contribution in [-0.4, -0.2) is 29.9 Å². The number of benzene rings is 1. The van der Waals surface area contributed by atoms with E-state index in [9.17, 15) is 4.79 Å². The number of carbonyl (C=O) groups excluding carboxylic acids is 1. The zero-order chi connectivity index (χ0) is 11.0. The molecular formula is C10H10BrIN2O. The van der Waals surface area contributed by atoms with Gasteiger partial charge in [0.2, 0.25) is 0 Å². The van der Waals surface area contributed by atoms with Gasteiger partial charge in [-0.25, -0.2) is 0 Å². The van der Waals surface area contributed by atoms with E-state index in [1.165, 1.54) is 0 Å². The second-order valence-electron chi connectivity index (χ2n) is 3.59. The lowest BCUT2D eigenvalue weighted by molar-refractivity contribution is 0.0607. The maximum absolute atomic E-state index is 12.0. The number of nitrogens with two attached hydrogens (primary N) is 1. The summed E-state index contributed by atoms with van der Waals surface area (Å²) in [5, 5.41) is 0. The molecule has 5 heteroatoms.